The van der Waals surface area contributed by atoms with Gasteiger partial charge < -0.3 is 10.0 Å². The zero-order valence-electron chi connectivity index (χ0n) is 12.8. The smallest absolute Gasteiger partial charge is 0.256 e. The van der Waals surface area contributed by atoms with Crippen molar-refractivity contribution >= 4 is 5.91 Å². The molecule has 22 heavy (non-hydrogen) atoms. The number of carbonyl (C=O) groups is 1. The van der Waals surface area contributed by atoms with E-state index in [1.807, 2.05) is 0 Å². The molecular weight excluding hydrogens is 283 g/mol. The van der Waals surface area contributed by atoms with Crippen LogP contribution in [0.2, 0.25) is 0 Å². The number of amides is 1. The molecule has 1 aromatic carbocycles. The van der Waals surface area contributed by atoms with Crippen molar-refractivity contribution in [2.24, 2.45) is 0 Å². The minimum Gasteiger partial charge on any atom is -0.379 e. The van der Waals surface area contributed by atoms with Crippen LogP contribution in [-0.4, -0.2) is 52.6 Å². The number of piperidine rings is 1. The van der Waals surface area contributed by atoms with Gasteiger partial charge in [-0.2, -0.15) is 0 Å². The lowest BCUT2D eigenvalue weighted by molar-refractivity contribution is -0.159. The zero-order valence-corrected chi connectivity index (χ0v) is 12.8. The van der Waals surface area contributed by atoms with E-state index in [2.05, 4.69) is 4.90 Å². The van der Waals surface area contributed by atoms with Gasteiger partial charge in [0.25, 0.3) is 5.91 Å². The van der Waals surface area contributed by atoms with E-state index in [4.69, 9.17) is 0 Å². The van der Waals surface area contributed by atoms with Gasteiger partial charge in [0.15, 0.2) is 5.60 Å². The van der Waals surface area contributed by atoms with Gasteiger partial charge in [-0.1, -0.05) is 12.1 Å². The highest BCUT2D eigenvalue weighted by Crippen LogP contribution is 2.26. The van der Waals surface area contributed by atoms with Crippen molar-refractivity contribution in [1.29, 1.82) is 0 Å². The van der Waals surface area contributed by atoms with Crippen LogP contribution in [-0.2, 0) is 11.3 Å². The van der Waals surface area contributed by atoms with Crippen molar-refractivity contribution in [3.63, 3.8) is 0 Å². The number of β-amino-alcohol motifs (C(OH)–C–C–N with tert-alkyl or cyclic N) is 1. The molecule has 4 nitrogen and oxygen atoms in total. The van der Waals surface area contributed by atoms with Gasteiger partial charge in [0, 0.05) is 19.6 Å². The van der Waals surface area contributed by atoms with Crippen LogP contribution in [0.25, 0.3) is 0 Å². The third kappa shape index (κ3) is 3.31. The molecule has 2 aliphatic rings. The van der Waals surface area contributed by atoms with Crippen LogP contribution in [0.1, 0.15) is 31.2 Å². The van der Waals surface area contributed by atoms with E-state index >= 15 is 0 Å². The first-order chi connectivity index (χ1) is 10.6. The Morgan fingerprint density at radius 3 is 2.45 bits per heavy atom. The monoisotopic (exact) mass is 306 g/mol. The van der Waals surface area contributed by atoms with Gasteiger partial charge in [-0.05, 0) is 56.5 Å². The number of nitrogens with zero attached hydrogens (tertiary/aromatic N) is 2. The van der Waals surface area contributed by atoms with E-state index in [0.29, 0.717) is 26.1 Å². The van der Waals surface area contributed by atoms with E-state index in [9.17, 15) is 14.3 Å². The summed E-state index contributed by atoms with van der Waals surface area (Å²) in [6.07, 6.45) is 3.62. The van der Waals surface area contributed by atoms with E-state index < -0.39 is 5.60 Å². The predicted molar refractivity (Wildman–Crippen MR) is 81.7 cm³/mol. The second-order valence-electron chi connectivity index (χ2n) is 6.47. The summed E-state index contributed by atoms with van der Waals surface area (Å²) in [7, 11) is 0. The highest BCUT2D eigenvalue weighted by Gasteiger charge is 2.43. The summed E-state index contributed by atoms with van der Waals surface area (Å²) in [6, 6.07) is 6.19. The quantitative estimate of drug-likeness (QED) is 0.922. The maximum absolute atomic E-state index is 13.0. The van der Waals surface area contributed by atoms with Crippen molar-refractivity contribution in [1.82, 2.24) is 9.80 Å². The molecule has 0 spiro atoms. The average molecular weight is 306 g/mol. The third-order valence-electron chi connectivity index (χ3n) is 4.67. The molecule has 0 saturated carbocycles. The van der Waals surface area contributed by atoms with Gasteiger partial charge in [0.1, 0.15) is 5.82 Å². The lowest BCUT2D eigenvalue weighted by atomic mass is 9.91. The van der Waals surface area contributed by atoms with Crippen molar-refractivity contribution in [2.75, 3.05) is 26.2 Å². The number of halogens is 1. The first-order valence-corrected chi connectivity index (χ1v) is 8.05. The number of rotatable bonds is 4. The lowest BCUT2D eigenvalue weighted by Crippen LogP contribution is -2.58. The Hall–Kier alpha value is -1.46. The predicted octanol–water partition coefficient (Wildman–Crippen LogP) is 1.78. The van der Waals surface area contributed by atoms with Gasteiger partial charge >= 0.3 is 0 Å². The Morgan fingerprint density at radius 1 is 1.09 bits per heavy atom. The minimum absolute atomic E-state index is 0.185. The fourth-order valence-electron chi connectivity index (χ4n) is 3.48. The number of likely N-dealkylation sites (tertiary alicyclic amines) is 2. The molecule has 120 valence electrons. The van der Waals surface area contributed by atoms with Gasteiger partial charge in [-0.3, -0.25) is 9.69 Å². The van der Waals surface area contributed by atoms with E-state index in [-0.39, 0.29) is 11.7 Å². The molecule has 2 saturated heterocycles. The fourth-order valence-corrected chi connectivity index (χ4v) is 3.48. The van der Waals surface area contributed by atoms with Gasteiger partial charge in [-0.25, -0.2) is 4.39 Å². The molecule has 0 aliphatic carbocycles. The Bertz CT molecular complexity index is 528. The molecule has 2 aliphatic heterocycles. The molecule has 1 N–H and O–H groups in total. The van der Waals surface area contributed by atoms with E-state index in [0.717, 1.165) is 37.9 Å². The van der Waals surface area contributed by atoms with E-state index in [1.54, 1.807) is 17.0 Å². The van der Waals surface area contributed by atoms with Crippen LogP contribution >= 0.6 is 0 Å². The Labute approximate surface area is 130 Å². The molecule has 0 bridgehead atoms. The standard InChI is InChI=1S/C17H23FN2O2/c18-15-6-4-14(5-7-15)12-20-11-3-8-17(22,16(20)21)13-19-9-1-2-10-19/h4-7,22H,1-3,8-13H2/t17-/m1/s1. The van der Waals surface area contributed by atoms with Crippen LogP contribution in [0.4, 0.5) is 4.39 Å². The van der Waals surface area contributed by atoms with Crippen molar-refractivity contribution < 1.29 is 14.3 Å². The van der Waals surface area contributed by atoms with Crippen molar-refractivity contribution in [3.8, 4) is 0 Å². The lowest BCUT2D eigenvalue weighted by Gasteiger charge is -2.40. The molecule has 0 aromatic heterocycles. The molecule has 1 amide bonds. The second-order valence-corrected chi connectivity index (χ2v) is 6.47. The van der Waals surface area contributed by atoms with Crippen LogP contribution in [0.5, 0.6) is 0 Å². The molecular formula is C17H23FN2O2. The summed E-state index contributed by atoms with van der Waals surface area (Å²) >= 11 is 0. The van der Waals surface area contributed by atoms with Crippen molar-refractivity contribution in [2.45, 2.75) is 37.8 Å². The SMILES string of the molecule is O=C1N(Cc2ccc(F)cc2)CCC[C@@]1(O)CN1CCCC1. The van der Waals surface area contributed by atoms with E-state index in [1.165, 1.54) is 12.1 Å². The number of aliphatic hydroxyl groups is 1. The van der Waals surface area contributed by atoms with Crippen LogP contribution in [0.15, 0.2) is 24.3 Å². The number of hydrogen-bond donors (Lipinski definition) is 1. The molecule has 2 fully saturated rings. The zero-order chi connectivity index (χ0) is 15.6. The molecule has 1 aromatic rings. The summed E-state index contributed by atoms with van der Waals surface area (Å²) in [5, 5.41) is 10.8. The third-order valence-corrected chi connectivity index (χ3v) is 4.67. The minimum atomic E-state index is -1.26. The molecule has 1 atom stereocenters. The second kappa shape index (κ2) is 6.34. The molecule has 5 heteroatoms. The van der Waals surface area contributed by atoms with Crippen LogP contribution < -0.4 is 0 Å². The Kier molecular flexibility index (Phi) is 4.45. The Balaban J connectivity index is 1.67. The molecule has 3 rings (SSSR count). The molecule has 0 unspecified atom stereocenters. The van der Waals surface area contributed by atoms with Crippen molar-refractivity contribution in [3.05, 3.63) is 35.6 Å². The normalized spacial score (nSPS) is 26.6. The summed E-state index contributed by atoms with van der Waals surface area (Å²) in [5.74, 6) is -0.464. The first-order valence-electron chi connectivity index (χ1n) is 8.05. The maximum atomic E-state index is 13.0. The molecule has 0 radical (unpaired) electrons. The number of hydrogen-bond acceptors (Lipinski definition) is 3. The summed E-state index contributed by atoms with van der Waals surface area (Å²) in [5.41, 5.74) is -0.372. The Morgan fingerprint density at radius 2 is 1.77 bits per heavy atom. The summed E-state index contributed by atoms with van der Waals surface area (Å²) in [4.78, 5) is 16.6. The number of carbonyl (C=O) groups excluding carboxylic acids is 1. The topological polar surface area (TPSA) is 43.8 Å². The average Bonchev–Trinajstić information content (AvgIpc) is 2.99. The largest absolute Gasteiger partial charge is 0.379 e. The maximum Gasteiger partial charge on any atom is 0.256 e. The summed E-state index contributed by atoms with van der Waals surface area (Å²) < 4.78 is 13.0. The highest BCUT2D eigenvalue weighted by atomic mass is 19.1. The fraction of sp³-hybridized carbons (Fsp3) is 0.588. The van der Waals surface area contributed by atoms with Gasteiger partial charge in [0.05, 0.1) is 0 Å². The number of benzene rings is 1. The van der Waals surface area contributed by atoms with Gasteiger partial charge in [0.2, 0.25) is 0 Å². The van der Waals surface area contributed by atoms with Gasteiger partial charge in [-0.15, -0.1) is 0 Å². The van der Waals surface area contributed by atoms with Crippen LogP contribution in [0.3, 0.4) is 0 Å². The molecule has 2 heterocycles. The summed E-state index contributed by atoms with van der Waals surface area (Å²) in [6.45, 7) is 3.45. The highest BCUT2D eigenvalue weighted by molar-refractivity contribution is 5.86. The first kappa shape index (κ1) is 15.4. The van der Waals surface area contributed by atoms with Crippen LogP contribution in [0, 0.1) is 5.82 Å².